The van der Waals surface area contributed by atoms with Gasteiger partial charge in [-0.3, -0.25) is 9.78 Å². The number of rotatable bonds is 4. The van der Waals surface area contributed by atoms with Crippen molar-refractivity contribution in [2.24, 2.45) is 0 Å². The number of hydrogen-bond donors (Lipinski definition) is 1. The molecule has 3 rings (SSSR count). The monoisotopic (exact) mass is 266 g/mol. The molecule has 1 aromatic carbocycles. The lowest BCUT2D eigenvalue weighted by molar-refractivity contribution is -0.130. The van der Waals surface area contributed by atoms with Crippen molar-refractivity contribution >= 4 is 5.91 Å². The topological polar surface area (TPSA) is 42.0 Å². The van der Waals surface area contributed by atoms with Crippen LogP contribution in [-0.4, -0.2) is 10.9 Å². The van der Waals surface area contributed by atoms with Crippen LogP contribution >= 0.6 is 0 Å². The van der Waals surface area contributed by atoms with Crippen LogP contribution in [0.2, 0.25) is 0 Å². The fourth-order valence-corrected chi connectivity index (χ4v) is 2.78. The van der Waals surface area contributed by atoms with Gasteiger partial charge in [0.05, 0.1) is 17.7 Å². The van der Waals surface area contributed by atoms with Gasteiger partial charge in [-0.1, -0.05) is 42.8 Å². The van der Waals surface area contributed by atoms with E-state index in [-0.39, 0.29) is 11.3 Å². The summed E-state index contributed by atoms with van der Waals surface area (Å²) in [6, 6.07) is 15.8. The summed E-state index contributed by atoms with van der Waals surface area (Å²) in [4.78, 5) is 16.8. The summed E-state index contributed by atoms with van der Waals surface area (Å²) in [6.45, 7) is 0.494. The Balaban J connectivity index is 1.72. The molecule has 0 atom stereocenters. The summed E-state index contributed by atoms with van der Waals surface area (Å²) in [5, 5.41) is 3.04. The molecule has 0 spiro atoms. The van der Waals surface area contributed by atoms with Crippen LogP contribution in [0.25, 0.3) is 0 Å². The zero-order valence-electron chi connectivity index (χ0n) is 11.4. The average Bonchev–Trinajstić information content (AvgIpc) is 2.46. The summed E-state index contributed by atoms with van der Waals surface area (Å²) in [5.74, 6) is 0.126. The zero-order valence-corrected chi connectivity index (χ0v) is 11.4. The third-order valence-electron chi connectivity index (χ3n) is 4.12. The molecule has 1 aliphatic rings. The average molecular weight is 266 g/mol. The first-order valence-electron chi connectivity index (χ1n) is 7.05. The quantitative estimate of drug-likeness (QED) is 0.924. The largest absolute Gasteiger partial charge is 0.350 e. The summed E-state index contributed by atoms with van der Waals surface area (Å²) in [7, 11) is 0. The minimum atomic E-state index is -0.323. The van der Waals surface area contributed by atoms with E-state index in [0.29, 0.717) is 6.54 Å². The second kappa shape index (κ2) is 5.45. The van der Waals surface area contributed by atoms with E-state index in [4.69, 9.17) is 0 Å². The first kappa shape index (κ1) is 12.9. The van der Waals surface area contributed by atoms with Gasteiger partial charge in [0, 0.05) is 6.20 Å². The maximum Gasteiger partial charge on any atom is 0.230 e. The van der Waals surface area contributed by atoms with Gasteiger partial charge in [0.15, 0.2) is 0 Å². The molecule has 20 heavy (non-hydrogen) atoms. The molecular weight excluding hydrogens is 248 g/mol. The number of nitrogens with one attached hydrogen (secondary N) is 1. The van der Waals surface area contributed by atoms with Crippen LogP contribution in [0.3, 0.4) is 0 Å². The third-order valence-corrected chi connectivity index (χ3v) is 4.12. The lowest BCUT2D eigenvalue weighted by atomic mass is 9.64. The number of carbonyl (C=O) groups excluding carboxylic acids is 1. The third kappa shape index (κ3) is 2.31. The van der Waals surface area contributed by atoms with E-state index in [1.807, 2.05) is 36.4 Å². The Morgan fingerprint density at radius 3 is 2.45 bits per heavy atom. The van der Waals surface area contributed by atoms with Crippen molar-refractivity contribution in [2.45, 2.75) is 31.2 Å². The molecule has 0 bridgehead atoms. The molecule has 0 aliphatic heterocycles. The number of pyridine rings is 1. The van der Waals surface area contributed by atoms with Gasteiger partial charge < -0.3 is 5.32 Å². The Hall–Kier alpha value is -2.16. The van der Waals surface area contributed by atoms with Crippen LogP contribution in [0.15, 0.2) is 54.7 Å². The van der Waals surface area contributed by atoms with Crippen LogP contribution in [0.1, 0.15) is 30.5 Å². The van der Waals surface area contributed by atoms with Crippen LogP contribution in [0.4, 0.5) is 0 Å². The highest BCUT2D eigenvalue weighted by molar-refractivity contribution is 5.89. The van der Waals surface area contributed by atoms with Gasteiger partial charge in [-0.05, 0) is 30.5 Å². The number of carbonyl (C=O) groups is 1. The Bertz CT molecular complexity index is 576. The Morgan fingerprint density at radius 1 is 1.10 bits per heavy atom. The molecule has 0 radical (unpaired) electrons. The fraction of sp³-hybridized carbons (Fsp3) is 0.294. The predicted molar refractivity (Wildman–Crippen MR) is 78.1 cm³/mol. The van der Waals surface area contributed by atoms with Gasteiger partial charge in [0.1, 0.15) is 0 Å². The smallest absolute Gasteiger partial charge is 0.230 e. The maximum absolute atomic E-state index is 12.6. The van der Waals surface area contributed by atoms with Crippen molar-refractivity contribution in [3.63, 3.8) is 0 Å². The van der Waals surface area contributed by atoms with E-state index in [0.717, 1.165) is 30.5 Å². The van der Waals surface area contributed by atoms with Crippen LogP contribution in [-0.2, 0) is 16.8 Å². The Kier molecular flexibility index (Phi) is 3.50. The van der Waals surface area contributed by atoms with Crippen molar-refractivity contribution in [3.05, 3.63) is 66.0 Å². The summed E-state index contributed by atoms with van der Waals surface area (Å²) < 4.78 is 0. The van der Waals surface area contributed by atoms with Crippen LogP contribution < -0.4 is 5.32 Å². The summed E-state index contributed by atoms with van der Waals surface area (Å²) >= 11 is 0. The van der Waals surface area contributed by atoms with Crippen molar-refractivity contribution in [2.75, 3.05) is 0 Å². The molecule has 1 fully saturated rings. The molecule has 1 amide bonds. The molecule has 2 aromatic rings. The van der Waals surface area contributed by atoms with Crippen molar-refractivity contribution in [3.8, 4) is 0 Å². The molecule has 1 N–H and O–H groups in total. The highest BCUT2D eigenvalue weighted by atomic mass is 16.2. The molecule has 1 aliphatic carbocycles. The molecule has 0 unspecified atom stereocenters. The van der Waals surface area contributed by atoms with Gasteiger partial charge in [0.2, 0.25) is 5.91 Å². The van der Waals surface area contributed by atoms with Gasteiger partial charge in [-0.2, -0.15) is 0 Å². The van der Waals surface area contributed by atoms with Crippen molar-refractivity contribution in [1.82, 2.24) is 10.3 Å². The molecule has 102 valence electrons. The van der Waals surface area contributed by atoms with E-state index < -0.39 is 0 Å². The molecule has 3 heteroatoms. The van der Waals surface area contributed by atoms with Crippen molar-refractivity contribution in [1.29, 1.82) is 0 Å². The highest BCUT2D eigenvalue weighted by Gasteiger charge is 2.45. The molecule has 1 saturated carbocycles. The second-order valence-electron chi connectivity index (χ2n) is 5.31. The number of amides is 1. The number of nitrogens with zero attached hydrogens (tertiary/aromatic N) is 1. The lowest BCUT2D eigenvalue weighted by Gasteiger charge is -2.40. The minimum Gasteiger partial charge on any atom is -0.350 e. The predicted octanol–water partition coefficient (Wildman–Crippen LogP) is 2.82. The highest BCUT2D eigenvalue weighted by Crippen LogP contribution is 2.43. The van der Waals surface area contributed by atoms with Gasteiger partial charge in [0.25, 0.3) is 0 Å². The Morgan fingerprint density at radius 2 is 1.85 bits per heavy atom. The van der Waals surface area contributed by atoms with E-state index in [9.17, 15) is 4.79 Å². The maximum atomic E-state index is 12.6. The van der Waals surface area contributed by atoms with Crippen molar-refractivity contribution < 1.29 is 4.79 Å². The van der Waals surface area contributed by atoms with Gasteiger partial charge in [-0.25, -0.2) is 0 Å². The van der Waals surface area contributed by atoms with E-state index in [1.165, 1.54) is 0 Å². The van der Waals surface area contributed by atoms with Gasteiger partial charge >= 0.3 is 0 Å². The lowest BCUT2D eigenvalue weighted by Crippen LogP contribution is -2.49. The molecule has 1 heterocycles. The molecule has 3 nitrogen and oxygen atoms in total. The molecule has 0 saturated heterocycles. The second-order valence-corrected chi connectivity index (χ2v) is 5.31. The first-order valence-corrected chi connectivity index (χ1v) is 7.05. The van der Waals surface area contributed by atoms with Gasteiger partial charge in [-0.15, -0.1) is 0 Å². The van der Waals surface area contributed by atoms with E-state index in [1.54, 1.807) is 6.20 Å². The first-order chi connectivity index (χ1) is 9.81. The zero-order chi connectivity index (χ0) is 13.8. The van der Waals surface area contributed by atoms with E-state index >= 15 is 0 Å². The number of aromatic nitrogens is 1. The van der Waals surface area contributed by atoms with Crippen LogP contribution in [0.5, 0.6) is 0 Å². The SMILES string of the molecule is O=C(NCc1ccccn1)C1(c2ccccc2)CCC1. The molecular formula is C17H18N2O. The fourth-order valence-electron chi connectivity index (χ4n) is 2.78. The number of hydrogen-bond acceptors (Lipinski definition) is 2. The normalized spacial score (nSPS) is 16.2. The standard InChI is InChI=1S/C17H18N2O/c20-16(19-13-15-9-4-5-12-18-15)17(10-6-11-17)14-7-2-1-3-8-14/h1-5,7-9,12H,6,10-11,13H2,(H,19,20). The minimum absolute atomic E-state index is 0.126. The van der Waals surface area contributed by atoms with Crippen LogP contribution in [0, 0.1) is 0 Å². The summed E-state index contributed by atoms with van der Waals surface area (Å²) in [5.41, 5.74) is 1.70. The Labute approximate surface area is 119 Å². The van der Waals surface area contributed by atoms with E-state index in [2.05, 4.69) is 22.4 Å². The summed E-state index contributed by atoms with van der Waals surface area (Å²) in [6.07, 6.45) is 4.74. The molecule has 1 aromatic heterocycles. The number of benzene rings is 1.